The first-order valence-corrected chi connectivity index (χ1v) is 24.3. The van der Waals surface area contributed by atoms with Crippen LogP contribution in [0.3, 0.4) is 0 Å². The average Bonchev–Trinajstić information content (AvgIpc) is 3.25. The summed E-state index contributed by atoms with van der Waals surface area (Å²) >= 11 is 0. The van der Waals surface area contributed by atoms with Gasteiger partial charge in [0.2, 0.25) is 0 Å². The Labute approximate surface area is 416 Å². The lowest BCUT2D eigenvalue weighted by Gasteiger charge is -2.31. The molecule has 0 aliphatic carbocycles. The van der Waals surface area contributed by atoms with Gasteiger partial charge in [0.25, 0.3) is 0 Å². The number of carbonyl (C=O) groups excluding carboxylic acids is 4. The second-order valence-electron chi connectivity index (χ2n) is 18.0. The van der Waals surface area contributed by atoms with Crippen LogP contribution in [0.1, 0.15) is 162 Å². The van der Waals surface area contributed by atoms with E-state index in [0.29, 0.717) is 43.6 Å². The van der Waals surface area contributed by atoms with Gasteiger partial charge >= 0.3 is 24.1 Å². The molecule has 0 fully saturated rings. The highest BCUT2D eigenvalue weighted by molar-refractivity contribution is 5.70. The Hall–Kier alpha value is -4.40. The predicted octanol–water partition coefficient (Wildman–Crippen LogP) is 12.0. The molecule has 2 aromatic carbocycles. The van der Waals surface area contributed by atoms with E-state index >= 15 is 0 Å². The number of benzene rings is 2. The second-order valence-corrected chi connectivity index (χ2v) is 18.0. The number of hydrogen-bond acceptors (Lipinski definition) is 12. The third-order valence-electron chi connectivity index (χ3n) is 8.57. The number of nitrogens with one attached hydrogen (secondary N) is 2. The molecule has 0 aliphatic heterocycles. The summed E-state index contributed by atoms with van der Waals surface area (Å²) in [5, 5.41) is 5.13. The van der Waals surface area contributed by atoms with Crippen molar-refractivity contribution in [2.45, 2.75) is 188 Å². The highest BCUT2D eigenvalue weighted by Crippen LogP contribution is 2.39. The number of amides is 2. The van der Waals surface area contributed by atoms with Crippen LogP contribution < -0.4 is 31.6 Å². The van der Waals surface area contributed by atoms with Crippen LogP contribution in [0, 0.1) is 37.5 Å². The number of rotatable bonds is 15. The van der Waals surface area contributed by atoms with Gasteiger partial charge in [-0.2, -0.15) is 0 Å². The van der Waals surface area contributed by atoms with E-state index in [1.165, 1.54) is 33.6 Å². The molecule has 400 valence electrons. The van der Waals surface area contributed by atoms with Crippen molar-refractivity contribution in [3.05, 3.63) is 59.2 Å². The van der Waals surface area contributed by atoms with Crippen LogP contribution in [-0.4, -0.2) is 89.4 Å². The molecule has 2 atom stereocenters. The van der Waals surface area contributed by atoms with E-state index in [0.717, 1.165) is 29.0 Å². The minimum Gasteiger partial charge on any atom is -0.491 e. The minimum absolute atomic E-state index is 0.00324. The van der Waals surface area contributed by atoms with E-state index in [1.807, 2.05) is 126 Å². The lowest BCUT2D eigenvalue weighted by atomic mass is 9.75. The molecule has 14 heteroatoms. The van der Waals surface area contributed by atoms with Crippen LogP contribution in [0.25, 0.3) is 0 Å². The molecular weight excluding hydrogens is 865 g/mol. The Bertz CT molecular complexity index is 1510. The summed E-state index contributed by atoms with van der Waals surface area (Å²) < 4.78 is 29.2. The maximum atomic E-state index is 11.3. The van der Waals surface area contributed by atoms with E-state index in [2.05, 4.69) is 79.4 Å². The summed E-state index contributed by atoms with van der Waals surface area (Å²) in [4.78, 5) is 43.2. The van der Waals surface area contributed by atoms with Crippen molar-refractivity contribution in [1.29, 1.82) is 0 Å². The third-order valence-corrected chi connectivity index (χ3v) is 8.57. The summed E-state index contributed by atoms with van der Waals surface area (Å²) in [5.41, 5.74) is 14.2. The summed E-state index contributed by atoms with van der Waals surface area (Å²) in [7, 11) is 4.28. The highest BCUT2D eigenvalue weighted by atomic mass is 16.5. The second kappa shape index (κ2) is 46.3. The maximum Gasteiger partial charge on any atom is 0.407 e. The average molecular weight is 969 g/mol. The van der Waals surface area contributed by atoms with Crippen LogP contribution >= 0.6 is 0 Å². The van der Waals surface area contributed by atoms with Gasteiger partial charge in [-0.3, -0.25) is 9.59 Å². The van der Waals surface area contributed by atoms with Crippen molar-refractivity contribution in [3.8, 4) is 11.5 Å². The Balaban J connectivity index is -0.000000176. The molecule has 0 saturated carbocycles. The molecule has 68 heavy (non-hydrogen) atoms. The van der Waals surface area contributed by atoms with Crippen molar-refractivity contribution in [1.82, 2.24) is 10.6 Å². The smallest absolute Gasteiger partial charge is 0.407 e. The van der Waals surface area contributed by atoms with Crippen molar-refractivity contribution in [3.63, 3.8) is 0 Å². The molecule has 2 unspecified atom stereocenters. The summed E-state index contributed by atoms with van der Waals surface area (Å²) in [6.07, 6.45) is 0.676. The lowest BCUT2D eigenvalue weighted by molar-refractivity contribution is -0.142. The molecule has 2 amide bonds. The fourth-order valence-corrected chi connectivity index (χ4v) is 5.41. The minimum atomic E-state index is -0.521. The van der Waals surface area contributed by atoms with E-state index in [4.69, 9.17) is 25.7 Å². The molecule has 2 rings (SSSR count). The summed E-state index contributed by atoms with van der Waals surface area (Å²) in [6.45, 7) is 45.4. The molecule has 0 radical (unpaired) electrons. The van der Waals surface area contributed by atoms with Gasteiger partial charge in [-0.1, -0.05) is 121 Å². The van der Waals surface area contributed by atoms with Crippen molar-refractivity contribution < 1.29 is 47.6 Å². The standard InChI is InChI=1S/C17H26O2.C9H18N2O4.C9H12O.C6H12O2.C5H14N2.C4H10O.2C2H6/c1-11(2)10-17(6,7)16-13(4)8-12(3)9-15(16)19-14(5)18;1-6(2)7(11-9(13)15-4)5-10-8(12)14-3;1-8(2)10-9-6-4-3-5-7-9;1-5(2)4-8-6(3)7;1-4(2)5(7)3-6;1-4(2)5-3;2*1-2/h8-9,11H,10H2,1-7H3;6-7H,5H2,1-4H3,(H,10,12)(H,11,13);3-8H,1-2H3;5H,4H2,1-3H3;4-5H,3,6-7H2,1-2H3;4H,1-3H3;2*1-2H3. The van der Waals surface area contributed by atoms with Gasteiger partial charge in [0.15, 0.2) is 0 Å². The molecule has 0 aromatic heterocycles. The highest BCUT2D eigenvalue weighted by Gasteiger charge is 2.28. The summed E-state index contributed by atoms with van der Waals surface area (Å²) in [5.74, 6) is 2.95. The predicted molar refractivity (Wildman–Crippen MR) is 285 cm³/mol. The first kappa shape index (κ1) is 75.1. The fourth-order valence-electron chi connectivity index (χ4n) is 5.41. The number of aryl methyl sites for hydroxylation is 2. The van der Waals surface area contributed by atoms with Crippen LogP contribution in [0.5, 0.6) is 11.5 Å². The van der Waals surface area contributed by atoms with Crippen LogP contribution in [0.15, 0.2) is 42.5 Å². The zero-order valence-corrected chi connectivity index (χ0v) is 47.7. The number of alkyl carbamates (subject to hydrolysis) is 2. The van der Waals surface area contributed by atoms with Crippen LogP contribution in [0.4, 0.5) is 9.59 Å². The molecule has 0 spiro atoms. The number of nitrogens with two attached hydrogens (primary N) is 2. The van der Waals surface area contributed by atoms with Crippen LogP contribution in [-0.2, 0) is 34.0 Å². The fraction of sp³-hybridized carbons (Fsp3) is 0.704. The Morgan fingerprint density at radius 3 is 1.49 bits per heavy atom. The Morgan fingerprint density at radius 2 is 1.18 bits per heavy atom. The van der Waals surface area contributed by atoms with Gasteiger partial charge in [0.1, 0.15) is 11.5 Å². The largest absolute Gasteiger partial charge is 0.491 e. The molecule has 0 aliphatic rings. The number of para-hydroxylation sites is 1. The zero-order valence-electron chi connectivity index (χ0n) is 47.7. The molecule has 2 aromatic rings. The summed E-state index contributed by atoms with van der Waals surface area (Å²) in [6, 6.07) is 14.0. The molecule has 14 nitrogen and oxygen atoms in total. The van der Waals surface area contributed by atoms with Crippen molar-refractivity contribution in [2.75, 3.05) is 41.0 Å². The van der Waals surface area contributed by atoms with Gasteiger partial charge < -0.3 is 50.5 Å². The normalized spacial score (nSPS) is 10.9. The number of hydrogen-bond donors (Lipinski definition) is 4. The van der Waals surface area contributed by atoms with Gasteiger partial charge in [0, 0.05) is 45.7 Å². The van der Waals surface area contributed by atoms with Gasteiger partial charge in [-0.25, -0.2) is 9.59 Å². The monoisotopic (exact) mass is 969 g/mol. The first-order chi connectivity index (χ1) is 31.5. The van der Waals surface area contributed by atoms with E-state index < -0.39 is 12.2 Å². The Kier molecular flexibility index (Phi) is 51.2. The SMILES string of the molecule is CC.CC.CC(=O)OCC(C)C.CC(=O)Oc1cc(C)cc(C)c1C(C)(C)CC(C)C.CC(C)C(N)CN.CC(C)Oc1ccccc1.COC(=O)NCC(NC(=O)OC)C(C)C.COC(C)C. The topological polar surface area (TPSA) is 200 Å². The number of ether oxygens (including phenoxy) is 6. The zero-order chi connectivity index (χ0) is 54.7. The number of carbonyl (C=O) groups is 4. The van der Waals surface area contributed by atoms with Crippen LogP contribution in [0.2, 0.25) is 0 Å². The van der Waals surface area contributed by atoms with E-state index in [1.54, 1.807) is 7.11 Å². The van der Waals surface area contributed by atoms with Gasteiger partial charge in [-0.05, 0) is 106 Å². The van der Waals surface area contributed by atoms with Gasteiger partial charge in [0.05, 0.1) is 39.1 Å². The van der Waals surface area contributed by atoms with E-state index in [9.17, 15) is 19.2 Å². The third kappa shape index (κ3) is 48.1. The first-order valence-electron chi connectivity index (χ1n) is 24.3. The number of esters is 2. The number of methoxy groups -OCH3 is 3. The molecule has 0 bridgehead atoms. The molecule has 6 N–H and O–H groups in total. The molecule has 0 heterocycles. The van der Waals surface area contributed by atoms with Crippen molar-refractivity contribution >= 4 is 24.1 Å². The van der Waals surface area contributed by atoms with Crippen molar-refractivity contribution in [2.24, 2.45) is 35.1 Å². The van der Waals surface area contributed by atoms with E-state index in [-0.39, 0.29) is 41.5 Å². The maximum absolute atomic E-state index is 11.3. The molecular formula is C54H104N4O10. The quantitative estimate of drug-likeness (QED) is 0.0749. The Morgan fingerprint density at radius 1 is 0.691 bits per heavy atom. The molecule has 0 saturated heterocycles. The van der Waals surface area contributed by atoms with Gasteiger partial charge in [-0.15, -0.1) is 0 Å². The lowest BCUT2D eigenvalue weighted by Crippen LogP contribution is -2.46.